The molecular weight excluding hydrogens is 224 g/mol. The summed E-state index contributed by atoms with van der Waals surface area (Å²) in [4.78, 5) is 6.58. The Morgan fingerprint density at radius 3 is 2.94 bits per heavy atom. The Bertz CT molecular complexity index is 506. The minimum Gasteiger partial charge on any atom is -0.344 e. The van der Waals surface area contributed by atoms with Crippen molar-refractivity contribution in [3.8, 4) is 0 Å². The number of rotatable bonds is 3. The molecule has 0 aliphatic heterocycles. The number of aromatic nitrogens is 2. The summed E-state index contributed by atoms with van der Waals surface area (Å²) in [5.41, 5.74) is 7.52. The van der Waals surface area contributed by atoms with Crippen LogP contribution < -0.4 is 10.6 Å². The van der Waals surface area contributed by atoms with Gasteiger partial charge in [0.15, 0.2) is 0 Å². The molecule has 5 heteroatoms. The van der Waals surface area contributed by atoms with Gasteiger partial charge in [0.2, 0.25) is 5.95 Å². The van der Waals surface area contributed by atoms with Crippen molar-refractivity contribution in [2.24, 2.45) is 12.8 Å². The van der Waals surface area contributed by atoms with Crippen LogP contribution in [0.4, 0.5) is 5.95 Å². The van der Waals surface area contributed by atoms with Crippen molar-refractivity contribution < 1.29 is 0 Å². The summed E-state index contributed by atoms with van der Waals surface area (Å²) >= 11 is 5.97. The van der Waals surface area contributed by atoms with Gasteiger partial charge in [0, 0.05) is 32.2 Å². The zero-order valence-electron chi connectivity index (χ0n) is 9.44. The number of nitrogens with two attached hydrogens (primary N) is 1. The average molecular weight is 239 g/mol. The molecular formula is C11H15ClN4. The molecule has 0 aliphatic rings. The molecule has 0 fully saturated rings. The molecule has 0 atom stereocenters. The molecule has 2 aromatic rings. The van der Waals surface area contributed by atoms with Gasteiger partial charge in [0.05, 0.1) is 11.0 Å². The van der Waals surface area contributed by atoms with E-state index >= 15 is 0 Å². The van der Waals surface area contributed by atoms with Crippen molar-refractivity contribution in [3.05, 3.63) is 23.2 Å². The molecule has 4 nitrogen and oxygen atoms in total. The molecule has 0 radical (unpaired) electrons. The Balaban J connectivity index is 2.51. The normalized spacial score (nSPS) is 11.0. The summed E-state index contributed by atoms with van der Waals surface area (Å²) in [7, 11) is 3.96. The van der Waals surface area contributed by atoms with Crippen LogP contribution in [0.2, 0.25) is 5.02 Å². The van der Waals surface area contributed by atoms with Gasteiger partial charge in [-0.3, -0.25) is 0 Å². The zero-order valence-corrected chi connectivity index (χ0v) is 10.2. The van der Waals surface area contributed by atoms with Gasteiger partial charge in [0.25, 0.3) is 0 Å². The van der Waals surface area contributed by atoms with E-state index in [0.29, 0.717) is 6.54 Å². The van der Waals surface area contributed by atoms with Gasteiger partial charge in [-0.05, 0) is 18.2 Å². The van der Waals surface area contributed by atoms with Gasteiger partial charge in [-0.15, -0.1) is 0 Å². The van der Waals surface area contributed by atoms with Gasteiger partial charge in [-0.2, -0.15) is 0 Å². The first-order valence-corrected chi connectivity index (χ1v) is 5.54. The molecule has 2 N–H and O–H groups in total. The molecule has 0 bridgehead atoms. The maximum atomic E-state index is 5.97. The van der Waals surface area contributed by atoms with E-state index in [1.165, 1.54) is 0 Å². The van der Waals surface area contributed by atoms with Gasteiger partial charge >= 0.3 is 0 Å². The number of halogens is 1. The van der Waals surface area contributed by atoms with E-state index in [4.69, 9.17) is 17.3 Å². The Morgan fingerprint density at radius 2 is 2.25 bits per heavy atom. The molecule has 86 valence electrons. The van der Waals surface area contributed by atoms with Crippen molar-refractivity contribution >= 4 is 28.6 Å². The highest BCUT2D eigenvalue weighted by atomic mass is 35.5. The second-order valence-corrected chi connectivity index (χ2v) is 4.25. The monoisotopic (exact) mass is 238 g/mol. The van der Waals surface area contributed by atoms with Gasteiger partial charge in [-0.25, -0.2) is 4.98 Å². The molecule has 0 spiro atoms. The first kappa shape index (κ1) is 11.2. The van der Waals surface area contributed by atoms with Crippen molar-refractivity contribution in [1.82, 2.24) is 9.55 Å². The van der Waals surface area contributed by atoms with E-state index in [2.05, 4.69) is 4.98 Å². The molecule has 0 saturated carbocycles. The largest absolute Gasteiger partial charge is 0.344 e. The number of aryl methyl sites for hydroxylation is 1. The molecule has 0 aliphatic carbocycles. The third-order valence-corrected chi connectivity index (χ3v) is 2.86. The highest BCUT2D eigenvalue weighted by Crippen LogP contribution is 2.23. The molecule has 0 saturated heterocycles. The van der Waals surface area contributed by atoms with Crippen molar-refractivity contribution in [2.75, 3.05) is 25.0 Å². The fraction of sp³-hybridized carbons (Fsp3) is 0.364. The van der Waals surface area contributed by atoms with Crippen LogP contribution in [0.3, 0.4) is 0 Å². The van der Waals surface area contributed by atoms with E-state index in [1.54, 1.807) is 0 Å². The van der Waals surface area contributed by atoms with Crippen LogP contribution in [0.25, 0.3) is 11.0 Å². The summed E-state index contributed by atoms with van der Waals surface area (Å²) in [6, 6.07) is 5.70. The summed E-state index contributed by atoms with van der Waals surface area (Å²) < 4.78 is 2.02. The fourth-order valence-electron chi connectivity index (χ4n) is 1.79. The number of hydrogen-bond donors (Lipinski definition) is 1. The number of likely N-dealkylation sites (N-methyl/N-ethyl adjacent to an activating group) is 1. The van der Waals surface area contributed by atoms with Gasteiger partial charge < -0.3 is 15.2 Å². The van der Waals surface area contributed by atoms with Crippen LogP contribution in [-0.2, 0) is 7.05 Å². The third kappa shape index (κ3) is 1.86. The van der Waals surface area contributed by atoms with E-state index < -0.39 is 0 Å². The maximum absolute atomic E-state index is 5.97. The standard InChI is InChI=1S/C11H15ClN4/c1-15(6-5-13)11-14-9-4-3-8(12)7-10(9)16(11)2/h3-4,7H,5-6,13H2,1-2H3. The minimum absolute atomic E-state index is 0.612. The van der Waals surface area contributed by atoms with Crippen LogP contribution >= 0.6 is 11.6 Å². The number of benzene rings is 1. The van der Waals surface area contributed by atoms with Gasteiger partial charge in [0.1, 0.15) is 0 Å². The molecule has 0 unspecified atom stereocenters. The lowest BCUT2D eigenvalue weighted by Gasteiger charge is -2.16. The van der Waals surface area contributed by atoms with E-state index in [-0.39, 0.29) is 0 Å². The number of nitrogens with zero attached hydrogens (tertiary/aromatic N) is 3. The van der Waals surface area contributed by atoms with E-state index in [9.17, 15) is 0 Å². The smallest absolute Gasteiger partial charge is 0.206 e. The topological polar surface area (TPSA) is 47.1 Å². The van der Waals surface area contributed by atoms with Crippen molar-refractivity contribution in [2.45, 2.75) is 0 Å². The lowest BCUT2D eigenvalue weighted by molar-refractivity contribution is 0.808. The lowest BCUT2D eigenvalue weighted by atomic mass is 10.3. The van der Waals surface area contributed by atoms with E-state index in [0.717, 1.165) is 28.5 Å². The first-order chi connectivity index (χ1) is 7.63. The average Bonchev–Trinajstić information content (AvgIpc) is 2.57. The van der Waals surface area contributed by atoms with Crippen LogP contribution in [0.1, 0.15) is 0 Å². The molecule has 2 rings (SSSR count). The number of fused-ring (bicyclic) bond motifs is 1. The highest BCUT2D eigenvalue weighted by molar-refractivity contribution is 6.31. The molecule has 16 heavy (non-hydrogen) atoms. The molecule has 0 amide bonds. The fourth-order valence-corrected chi connectivity index (χ4v) is 1.95. The van der Waals surface area contributed by atoms with Crippen molar-refractivity contribution in [1.29, 1.82) is 0 Å². The Hall–Kier alpha value is -1.26. The Labute approximate surface area is 99.6 Å². The Morgan fingerprint density at radius 1 is 1.50 bits per heavy atom. The number of hydrogen-bond acceptors (Lipinski definition) is 3. The lowest BCUT2D eigenvalue weighted by Crippen LogP contribution is -2.27. The predicted octanol–water partition coefficient (Wildman–Crippen LogP) is 1.62. The highest BCUT2D eigenvalue weighted by Gasteiger charge is 2.11. The predicted molar refractivity (Wildman–Crippen MR) is 68.0 cm³/mol. The van der Waals surface area contributed by atoms with Crippen molar-refractivity contribution in [3.63, 3.8) is 0 Å². The second-order valence-electron chi connectivity index (χ2n) is 3.81. The van der Waals surface area contributed by atoms with Gasteiger partial charge in [-0.1, -0.05) is 11.6 Å². The SMILES string of the molecule is CN(CCN)c1nc2ccc(Cl)cc2n1C. The molecule has 1 heterocycles. The quantitative estimate of drug-likeness (QED) is 0.884. The number of imidazole rings is 1. The minimum atomic E-state index is 0.612. The van der Waals surface area contributed by atoms with Crippen LogP contribution in [0.15, 0.2) is 18.2 Å². The summed E-state index contributed by atoms with van der Waals surface area (Å²) in [6.07, 6.45) is 0. The van der Waals surface area contributed by atoms with Crippen LogP contribution in [0, 0.1) is 0 Å². The number of anilines is 1. The third-order valence-electron chi connectivity index (χ3n) is 2.63. The summed E-state index contributed by atoms with van der Waals surface area (Å²) in [5, 5.41) is 0.725. The summed E-state index contributed by atoms with van der Waals surface area (Å²) in [5.74, 6) is 0.905. The van der Waals surface area contributed by atoms with E-state index in [1.807, 2.05) is 41.8 Å². The van der Waals surface area contributed by atoms with Crippen LogP contribution in [0.5, 0.6) is 0 Å². The molecule has 1 aromatic heterocycles. The Kier molecular flexibility index (Phi) is 3.03. The second kappa shape index (κ2) is 4.31. The first-order valence-electron chi connectivity index (χ1n) is 5.16. The zero-order chi connectivity index (χ0) is 11.7. The maximum Gasteiger partial charge on any atom is 0.206 e. The van der Waals surface area contributed by atoms with Crippen LogP contribution in [-0.4, -0.2) is 29.7 Å². The molecule has 1 aromatic carbocycles. The summed E-state index contributed by atoms with van der Waals surface area (Å²) in [6.45, 7) is 1.39.